The zero-order valence-electron chi connectivity index (χ0n) is 19.5. The number of ether oxygens (including phenoxy) is 1. The molecule has 1 aliphatic rings. The molecule has 0 aromatic heterocycles. The van der Waals surface area contributed by atoms with Crippen LogP contribution < -0.4 is 10.1 Å². The fourth-order valence-corrected chi connectivity index (χ4v) is 4.59. The Hall–Kier alpha value is -3.62. The smallest absolute Gasteiger partial charge is 0.293 e. The summed E-state index contributed by atoms with van der Waals surface area (Å²) in [5, 5.41) is 2.54. The average molecular weight is 525 g/mol. The zero-order chi connectivity index (χ0) is 25.8. The summed E-state index contributed by atoms with van der Waals surface area (Å²) < 4.78 is 18.9. The van der Waals surface area contributed by atoms with Crippen molar-refractivity contribution in [2.24, 2.45) is 0 Å². The van der Waals surface area contributed by atoms with Crippen molar-refractivity contribution in [2.75, 3.05) is 11.9 Å². The molecule has 3 aromatic carbocycles. The first-order chi connectivity index (χ1) is 17.2. The molecule has 0 aliphatic carbocycles. The molecule has 1 saturated heterocycles. The molecule has 1 aliphatic heterocycles. The molecule has 1 fully saturated rings. The lowest BCUT2D eigenvalue weighted by molar-refractivity contribution is -0.123. The fourth-order valence-electron chi connectivity index (χ4n) is 3.52. The molecule has 0 spiro atoms. The first kappa shape index (κ1) is 25.5. The SMILES string of the molecule is Cc1cccc(NC(=O)COc2cccc(/C=C3\SC(=O)N(Cc4ccc(F)cc4Cl)C3=O)c2)c1C. The van der Waals surface area contributed by atoms with Crippen LogP contribution in [0.1, 0.15) is 22.3 Å². The predicted molar refractivity (Wildman–Crippen MR) is 139 cm³/mol. The third-order valence-corrected chi connectivity index (χ3v) is 6.88. The second-order valence-corrected chi connectivity index (χ2v) is 9.56. The van der Waals surface area contributed by atoms with Crippen molar-refractivity contribution in [3.63, 3.8) is 0 Å². The lowest BCUT2D eigenvalue weighted by Gasteiger charge is -2.13. The van der Waals surface area contributed by atoms with Crippen LogP contribution in [0.4, 0.5) is 14.9 Å². The topological polar surface area (TPSA) is 75.7 Å². The Bertz CT molecular complexity index is 1390. The molecule has 1 heterocycles. The summed E-state index contributed by atoms with van der Waals surface area (Å²) >= 11 is 6.85. The van der Waals surface area contributed by atoms with Gasteiger partial charge in [0.05, 0.1) is 11.4 Å². The predicted octanol–water partition coefficient (Wildman–Crippen LogP) is 6.35. The Morgan fingerprint density at radius 3 is 2.67 bits per heavy atom. The molecule has 3 aromatic rings. The Balaban J connectivity index is 1.40. The lowest BCUT2D eigenvalue weighted by Crippen LogP contribution is -2.27. The highest BCUT2D eigenvalue weighted by Gasteiger charge is 2.35. The molecule has 6 nitrogen and oxygen atoms in total. The fraction of sp³-hybridized carbons (Fsp3) is 0.148. The van der Waals surface area contributed by atoms with E-state index in [1.807, 2.05) is 32.0 Å². The number of hydrogen-bond acceptors (Lipinski definition) is 5. The summed E-state index contributed by atoms with van der Waals surface area (Å²) in [4.78, 5) is 38.9. The van der Waals surface area contributed by atoms with Gasteiger partial charge in [0.1, 0.15) is 11.6 Å². The maximum absolute atomic E-state index is 13.3. The third-order valence-electron chi connectivity index (χ3n) is 5.62. The molecule has 3 amide bonds. The van der Waals surface area contributed by atoms with Crippen molar-refractivity contribution in [3.8, 4) is 5.75 Å². The van der Waals surface area contributed by atoms with Crippen molar-refractivity contribution < 1.29 is 23.5 Å². The number of thioether (sulfide) groups is 1. The molecule has 0 atom stereocenters. The van der Waals surface area contributed by atoms with Gasteiger partial charge in [-0.25, -0.2) is 4.39 Å². The van der Waals surface area contributed by atoms with E-state index in [-0.39, 0.29) is 29.0 Å². The second kappa shape index (κ2) is 11.0. The number of halogens is 2. The van der Waals surface area contributed by atoms with Gasteiger partial charge in [-0.2, -0.15) is 0 Å². The molecule has 184 valence electrons. The van der Waals surface area contributed by atoms with Crippen LogP contribution in [0, 0.1) is 19.7 Å². The summed E-state index contributed by atoms with van der Waals surface area (Å²) in [6.45, 7) is 3.66. The van der Waals surface area contributed by atoms with Gasteiger partial charge in [-0.05, 0) is 84.3 Å². The van der Waals surface area contributed by atoms with Crippen LogP contribution in [-0.4, -0.2) is 28.6 Å². The van der Waals surface area contributed by atoms with E-state index in [0.29, 0.717) is 16.9 Å². The van der Waals surface area contributed by atoms with E-state index in [4.69, 9.17) is 16.3 Å². The standard InChI is InChI=1S/C27H22ClFN2O4S/c1-16-5-3-8-23(17(16)2)30-25(32)15-35-21-7-4-6-18(11-21)12-24-26(33)31(27(34)36-24)14-19-9-10-20(29)13-22(19)28/h3-13H,14-15H2,1-2H3,(H,30,32)/b24-12-. The summed E-state index contributed by atoms with van der Waals surface area (Å²) in [5.41, 5.74) is 3.90. The van der Waals surface area contributed by atoms with E-state index in [9.17, 15) is 18.8 Å². The zero-order valence-corrected chi connectivity index (χ0v) is 21.1. The van der Waals surface area contributed by atoms with Gasteiger partial charge in [-0.1, -0.05) is 41.9 Å². The van der Waals surface area contributed by atoms with E-state index < -0.39 is 17.0 Å². The van der Waals surface area contributed by atoms with E-state index >= 15 is 0 Å². The molecule has 4 rings (SSSR count). The number of imide groups is 1. The number of nitrogens with one attached hydrogen (secondary N) is 1. The van der Waals surface area contributed by atoms with Gasteiger partial charge in [0.2, 0.25) is 0 Å². The summed E-state index contributed by atoms with van der Waals surface area (Å²) in [7, 11) is 0. The summed E-state index contributed by atoms with van der Waals surface area (Å²) in [6, 6.07) is 16.3. The lowest BCUT2D eigenvalue weighted by atomic mass is 10.1. The first-order valence-corrected chi connectivity index (χ1v) is 12.2. The quantitative estimate of drug-likeness (QED) is 0.364. The Morgan fingerprint density at radius 1 is 1.11 bits per heavy atom. The van der Waals surface area contributed by atoms with E-state index in [0.717, 1.165) is 39.5 Å². The minimum absolute atomic E-state index is 0.0558. The van der Waals surface area contributed by atoms with E-state index in [1.54, 1.807) is 30.3 Å². The maximum Gasteiger partial charge on any atom is 0.293 e. The normalized spacial score (nSPS) is 14.4. The van der Waals surface area contributed by atoms with Crippen molar-refractivity contribution in [3.05, 3.63) is 98.7 Å². The highest BCUT2D eigenvalue weighted by atomic mass is 35.5. The van der Waals surface area contributed by atoms with Gasteiger partial charge < -0.3 is 10.1 Å². The van der Waals surface area contributed by atoms with Gasteiger partial charge in [0.25, 0.3) is 17.1 Å². The third kappa shape index (κ3) is 5.95. The van der Waals surface area contributed by atoms with Gasteiger partial charge in [-0.3, -0.25) is 19.3 Å². The molecule has 36 heavy (non-hydrogen) atoms. The van der Waals surface area contributed by atoms with Gasteiger partial charge in [-0.15, -0.1) is 0 Å². The molecular weight excluding hydrogens is 503 g/mol. The highest BCUT2D eigenvalue weighted by molar-refractivity contribution is 8.18. The van der Waals surface area contributed by atoms with E-state index in [1.165, 1.54) is 12.1 Å². The Labute approximate surface area is 217 Å². The van der Waals surface area contributed by atoms with Crippen LogP contribution in [0.15, 0.2) is 65.6 Å². The largest absolute Gasteiger partial charge is 0.484 e. The molecule has 1 N–H and O–H groups in total. The second-order valence-electron chi connectivity index (χ2n) is 8.16. The van der Waals surface area contributed by atoms with Crippen LogP contribution in [0.3, 0.4) is 0 Å². The molecule has 0 saturated carbocycles. The Morgan fingerprint density at radius 2 is 1.89 bits per heavy atom. The number of carbonyl (C=O) groups excluding carboxylic acids is 3. The van der Waals surface area contributed by atoms with Crippen LogP contribution in [-0.2, 0) is 16.1 Å². The van der Waals surface area contributed by atoms with Crippen molar-refractivity contribution in [1.82, 2.24) is 4.90 Å². The van der Waals surface area contributed by atoms with Crippen molar-refractivity contribution in [2.45, 2.75) is 20.4 Å². The maximum atomic E-state index is 13.3. The van der Waals surface area contributed by atoms with Crippen LogP contribution in [0.5, 0.6) is 5.75 Å². The number of anilines is 1. The number of benzene rings is 3. The number of hydrogen-bond donors (Lipinski definition) is 1. The minimum Gasteiger partial charge on any atom is -0.484 e. The van der Waals surface area contributed by atoms with Crippen molar-refractivity contribution in [1.29, 1.82) is 0 Å². The number of nitrogens with zero attached hydrogens (tertiary/aromatic N) is 1. The number of rotatable bonds is 7. The molecular formula is C27H22ClFN2O4S. The number of aryl methyl sites for hydroxylation is 1. The van der Waals surface area contributed by atoms with Gasteiger partial charge in [0, 0.05) is 10.7 Å². The van der Waals surface area contributed by atoms with Crippen LogP contribution in [0.2, 0.25) is 5.02 Å². The summed E-state index contributed by atoms with van der Waals surface area (Å²) in [5.74, 6) is -0.820. The van der Waals surface area contributed by atoms with Gasteiger partial charge in [0.15, 0.2) is 6.61 Å². The molecule has 9 heteroatoms. The first-order valence-electron chi connectivity index (χ1n) is 11.0. The Kier molecular flexibility index (Phi) is 7.76. The van der Waals surface area contributed by atoms with Crippen LogP contribution >= 0.6 is 23.4 Å². The minimum atomic E-state index is -0.498. The number of carbonyl (C=O) groups is 3. The van der Waals surface area contributed by atoms with Crippen LogP contribution in [0.25, 0.3) is 6.08 Å². The molecule has 0 unspecified atom stereocenters. The molecule has 0 bridgehead atoms. The highest BCUT2D eigenvalue weighted by Crippen LogP contribution is 2.34. The monoisotopic (exact) mass is 524 g/mol. The summed E-state index contributed by atoms with van der Waals surface area (Å²) in [6.07, 6.45) is 1.58. The van der Waals surface area contributed by atoms with Gasteiger partial charge >= 0.3 is 0 Å². The molecule has 0 radical (unpaired) electrons. The number of amides is 3. The van der Waals surface area contributed by atoms with E-state index in [2.05, 4.69) is 5.32 Å². The average Bonchev–Trinajstić information content (AvgIpc) is 3.10. The van der Waals surface area contributed by atoms with Crippen molar-refractivity contribution >= 4 is 52.2 Å².